The average molecular weight is 525 g/mol. The number of benzene rings is 1. The van der Waals surface area contributed by atoms with Crippen molar-refractivity contribution in [3.63, 3.8) is 0 Å². The molecule has 5 nitrogen and oxygen atoms in total. The van der Waals surface area contributed by atoms with E-state index in [1.807, 2.05) is 30.3 Å². The van der Waals surface area contributed by atoms with E-state index in [9.17, 15) is 8.42 Å². The van der Waals surface area contributed by atoms with Gasteiger partial charge in [0.15, 0.2) is 0 Å². The van der Waals surface area contributed by atoms with Crippen molar-refractivity contribution in [1.29, 1.82) is 0 Å². The molecule has 33 heavy (non-hydrogen) atoms. The predicted octanol–water partition coefficient (Wildman–Crippen LogP) is 6.41. The lowest BCUT2D eigenvalue weighted by Crippen LogP contribution is -2.45. The lowest BCUT2D eigenvalue weighted by Gasteiger charge is -2.38. The number of sulfonamides is 1. The zero-order chi connectivity index (χ0) is 23.4. The van der Waals surface area contributed by atoms with Crippen LogP contribution in [0.15, 0.2) is 69.4 Å². The maximum Gasteiger partial charge on any atom is 0.243 e. The summed E-state index contributed by atoms with van der Waals surface area (Å²) < 4.78 is 30.1. The van der Waals surface area contributed by atoms with Crippen molar-refractivity contribution in [1.82, 2.24) is 9.29 Å². The Bertz CT molecular complexity index is 1140. The van der Waals surface area contributed by atoms with Gasteiger partial charge in [-0.25, -0.2) is 13.4 Å². The van der Waals surface area contributed by atoms with E-state index in [1.54, 1.807) is 34.5 Å². The molecule has 1 fully saturated rings. The second-order valence-electron chi connectivity index (χ2n) is 8.07. The van der Waals surface area contributed by atoms with Gasteiger partial charge in [-0.2, -0.15) is 4.31 Å². The van der Waals surface area contributed by atoms with E-state index in [-0.39, 0.29) is 6.04 Å². The Balaban J connectivity index is 1.51. The number of aryl methyl sites for hydroxylation is 1. The van der Waals surface area contributed by atoms with Gasteiger partial charge in [0.1, 0.15) is 11.0 Å². The van der Waals surface area contributed by atoms with Crippen LogP contribution in [0.5, 0.6) is 0 Å². The molecule has 0 saturated carbocycles. The standard InChI is InChI=1S/C24H27Cl2N3O2S2/c1-2-18-10-12-20(13-11-18)33(30,31)28-16-14-19(15-17-28)29(24-9-5-8-23(26)27-24)32-22-7-4-3-6-21(22)25/h5-13,19H,2-4,14-17H2,1H3. The number of hydrogen-bond donors (Lipinski definition) is 0. The molecular formula is C24H27Cl2N3O2S2. The maximum atomic E-state index is 13.2. The number of anilines is 1. The van der Waals surface area contributed by atoms with Crippen molar-refractivity contribution in [2.75, 3.05) is 17.4 Å². The number of rotatable bonds is 7. The van der Waals surface area contributed by atoms with E-state index in [2.05, 4.69) is 22.3 Å². The molecule has 0 amide bonds. The minimum Gasteiger partial charge on any atom is -0.293 e. The van der Waals surface area contributed by atoms with Gasteiger partial charge >= 0.3 is 0 Å². The van der Waals surface area contributed by atoms with Crippen LogP contribution in [0.2, 0.25) is 5.15 Å². The van der Waals surface area contributed by atoms with E-state index < -0.39 is 10.0 Å². The lowest BCUT2D eigenvalue weighted by molar-refractivity contribution is 0.322. The molecule has 1 saturated heterocycles. The minimum atomic E-state index is -3.51. The summed E-state index contributed by atoms with van der Waals surface area (Å²) >= 11 is 14.2. The van der Waals surface area contributed by atoms with Crippen LogP contribution in [-0.2, 0) is 16.4 Å². The molecule has 0 radical (unpaired) electrons. The Hall–Kier alpha value is -1.51. The first-order valence-electron chi connectivity index (χ1n) is 11.1. The fourth-order valence-electron chi connectivity index (χ4n) is 4.00. The van der Waals surface area contributed by atoms with Gasteiger partial charge in [-0.3, -0.25) is 4.31 Å². The van der Waals surface area contributed by atoms with Crippen molar-refractivity contribution in [2.45, 2.75) is 50.0 Å². The molecule has 4 rings (SSSR count). The molecule has 0 unspecified atom stereocenters. The summed E-state index contributed by atoms with van der Waals surface area (Å²) in [5, 5.41) is 1.17. The highest BCUT2D eigenvalue weighted by Crippen LogP contribution is 2.39. The van der Waals surface area contributed by atoms with Gasteiger partial charge in [0.25, 0.3) is 0 Å². The van der Waals surface area contributed by atoms with Crippen LogP contribution in [-0.4, -0.2) is 36.8 Å². The van der Waals surface area contributed by atoms with Gasteiger partial charge in [0.05, 0.1) is 9.93 Å². The van der Waals surface area contributed by atoms with Crippen LogP contribution in [0.4, 0.5) is 5.82 Å². The van der Waals surface area contributed by atoms with Crippen LogP contribution in [0, 0.1) is 0 Å². The first kappa shape index (κ1) is 24.6. The summed E-state index contributed by atoms with van der Waals surface area (Å²) in [6.45, 7) is 2.95. The van der Waals surface area contributed by atoms with Crippen LogP contribution in [0.25, 0.3) is 0 Å². The molecule has 0 spiro atoms. The van der Waals surface area contributed by atoms with Crippen molar-refractivity contribution in [3.8, 4) is 0 Å². The third kappa shape index (κ3) is 5.77. The molecule has 9 heteroatoms. The van der Waals surface area contributed by atoms with Gasteiger partial charge in [0, 0.05) is 24.0 Å². The quantitative estimate of drug-likeness (QED) is 0.310. The molecule has 2 aromatic rings. The van der Waals surface area contributed by atoms with Gasteiger partial charge in [-0.15, -0.1) is 0 Å². The topological polar surface area (TPSA) is 53.5 Å². The Morgan fingerprint density at radius 3 is 2.39 bits per heavy atom. The highest BCUT2D eigenvalue weighted by Gasteiger charge is 2.33. The molecular weight excluding hydrogens is 497 g/mol. The first-order valence-corrected chi connectivity index (χ1v) is 14.1. The third-order valence-corrected chi connectivity index (χ3v) is 9.76. The zero-order valence-electron chi connectivity index (χ0n) is 18.5. The van der Waals surface area contributed by atoms with Gasteiger partial charge in [-0.1, -0.05) is 60.5 Å². The average Bonchev–Trinajstić information content (AvgIpc) is 2.83. The largest absolute Gasteiger partial charge is 0.293 e. The third-order valence-electron chi connectivity index (χ3n) is 5.90. The highest BCUT2D eigenvalue weighted by atomic mass is 35.5. The number of nitrogens with zero attached hydrogens (tertiary/aromatic N) is 3. The minimum absolute atomic E-state index is 0.0992. The van der Waals surface area contributed by atoms with Gasteiger partial charge in [-0.05, 0) is 73.9 Å². The molecule has 0 atom stereocenters. The van der Waals surface area contributed by atoms with Gasteiger partial charge < -0.3 is 0 Å². The molecule has 0 N–H and O–H groups in total. The number of allylic oxidation sites excluding steroid dienone is 3. The SMILES string of the molecule is CCc1ccc(S(=O)(=O)N2CCC(N(SC3=CCCC=C3Cl)c3cccc(Cl)n3)CC2)cc1. The molecule has 176 valence electrons. The van der Waals surface area contributed by atoms with Crippen molar-refractivity contribution in [2.24, 2.45) is 0 Å². The van der Waals surface area contributed by atoms with Crippen LogP contribution in [0.1, 0.15) is 38.2 Å². The van der Waals surface area contributed by atoms with E-state index >= 15 is 0 Å². The van der Waals surface area contributed by atoms with E-state index in [0.717, 1.165) is 40.6 Å². The number of pyridine rings is 1. The van der Waals surface area contributed by atoms with Crippen LogP contribution < -0.4 is 4.31 Å². The molecule has 1 aliphatic carbocycles. The number of aromatic nitrogens is 1. The summed E-state index contributed by atoms with van der Waals surface area (Å²) in [5.41, 5.74) is 1.12. The molecule has 2 aliphatic rings. The Morgan fingerprint density at radius 2 is 1.76 bits per heavy atom. The summed E-state index contributed by atoms with van der Waals surface area (Å²) in [7, 11) is -3.51. The first-order chi connectivity index (χ1) is 15.9. The van der Waals surface area contributed by atoms with Crippen molar-refractivity contribution < 1.29 is 8.42 Å². The van der Waals surface area contributed by atoms with Gasteiger partial charge in [0.2, 0.25) is 10.0 Å². The summed E-state index contributed by atoms with van der Waals surface area (Å²) in [6.07, 6.45) is 8.31. The summed E-state index contributed by atoms with van der Waals surface area (Å²) in [4.78, 5) is 5.87. The van der Waals surface area contributed by atoms with E-state index in [0.29, 0.717) is 36.0 Å². The second-order valence-corrected chi connectivity index (χ2v) is 11.8. The lowest BCUT2D eigenvalue weighted by atomic mass is 10.1. The maximum absolute atomic E-state index is 13.2. The Labute approximate surface area is 210 Å². The Kier molecular flexibility index (Phi) is 8.07. The fourth-order valence-corrected chi connectivity index (χ4v) is 7.05. The summed E-state index contributed by atoms with van der Waals surface area (Å²) in [5.74, 6) is 0.750. The fraction of sp³-hybridized carbons (Fsp3) is 0.375. The monoisotopic (exact) mass is 523 g/mol. The summed E-state index contributed by atoms with van der Waals surface area (Å²) in [6, 6.07) is 12.9. The molecule has 1 aromatic heterocycles. The number of halogens is 2. The van der Waals surface area contributed by atoms with E-state index in [4.69, 9.17) is 23.2 Å². The second kappa shape index (κ2) is 10.8. The normalized spacial score (nSPS) is 18.0. The Morgan fingerprint density at radius 1 is 1.06 bits per heavy atom. The molecule has 1 aliphatic heterocycles. The molecule has 2 heterocycles. The number of piperidine rings is 1. The molecule has 0 bridgehead atoms. The van der Waals surface area contributed by atoms with Crippen molar-refractivity contribution in [3.05, 3.63) is 75.3 Å². The van der Waals surface area contributed by atoms with Crippen LogP contribution >= 0.6 is 35.1 Å². The highest BCUT2D eigenvalue weighted by molar-refractivity contribution is 8.04. The van der Waals surface area contributed by atoms with Crippen molar-refractivity contribution >= 4 is 51.0 Å². The van der Waals surface area contributed by atoms with E-state index in [1.165, 1.54) is 0 Å². The molecule has 1 aromatic carbocycles. The smallest absolute Gasteiger partial charge is 0.243 e. The zero-order valence-corrected chi connectivity index (χ0v) is 21.6. The van der Waals surface area contributed by atoms with Crippen LogP contribution in [0.3, 0.4) is 0 Å². The number of hydrogen-bond acceptors (Lipinski definition) is 5. The predicted molar refractivity (Wildman–Crippen MR) is 138 cm³/mol.